The van der Waals surface area contributed by atoms with E-state index in [-0.39, 0.29) is 24.5 Å². The van der Waals surface area contributed by atoms with Gasteiger partial charge in [-0.3, -0.25) is 9.59 Å². The molecule has 1 aromatic carbocycles. The summed E-state index contributed by atoms with van der Waals surface area (Å²) in [4.78, 5) is 25.8. The van der Waals surface area contributed by atoms with Gasteiger partial charge in [-0.25, -0.2) is 0 Å². The van der Waals surface area contributed by atoms with Crippen LogP contribution in [0.1, 0.15) is 54.4 Å². The highest BCUT2D eigenvalue weighted by Gasteiger charge is 2.33. The van der Waals surface area contributed by atoms with Crippen LogP contribution in [0.5, 0.6) is 0 Å². The van der Waals surface area contributed by atoms with Crippen molar-refractivity contribution in [2.75, 3.05) is 13.6 Å². The summed E-state index contributed by atoms with van der Waals surface area (Å²) in [5.74, 6) is -0.0953. The molecule has 1 aromatic rings. The third-order valence-corrected chi connectivity index (χ3v) is 4.43. The van der Waals surface area contributed by atoms with Crippen LogP contribution in [-0.4, -0.2) is 40.9 Å². The van der Waals surface area contributed by atoms with Gasteiger partial charge in [0.25, 0.3) is 0 Å². The standard InChI is InChI=1S/C18H25NO3/c1-14-5-7-15(8-6-14)16(20)9-10-17(21)19(2)13-18(22)11-3-4-12-18/h5-8,22H,3-4,9-13H2,1-2H3. The van der Waals surface area contributed by atoms with E-state index in [1.165, 1.54) is 0 Å². The van der Waals surface area contributed by atoms with E-state index in [4.69, 9.17) is 0 Å². The molecule has 0 aromatic heterocycles. The number of carbonyl (C=O) groups is 2. The lowest BCUT2D eigenvalue weighted by Crippen LogP contribution is -2.42. The van der Waals surface area contributed by atoms with Crippen molar-refractivity contribution in [2.45, 2.75) is 51.0 Å². The first-order valence-corrected chi connectivity index (χ1v) is 7.96. The molecule has 0 saturated heterocycles. The molecule has 120 valence electrons. The van der Waals surface area contributed by atoms with Crippen LogP contribution >= 0.6 is 0 Å². The van der Waals surface area contributed by atoms with Crippen molar-refractivity contribution in [2.24, 2.45) is 0 Å². The van der Waals surface area contributed by atoms with Crippen LogP contribution in [-0.2, 0) is 4.79 Å². The van der Waals surface area contributed by atoms with Gasteiger partial charge in [0.1, 0.15) is 0 Å². The Hall–Kier alpha value is -1.68. The van der Waals surface area contributed by atoms with Crippen molar-refractivity contribution in [3.63, 3.8) is 0 Å². The molecular weight excluding hydrogens is 278 g/mol. The number of aryl methyl sites for hydroxylation is 1. The minimum Gasteiger partial charge on any atom is -0.388 e. The van der Waals surface area contributed by atoms with E-state index < -0.39 is 5.60 Å². The lowest BCUT2D eigenvalue weighted by atomic mass is 10.0. The number of hydrogen-bond acceptors (Lipinski definition) is 3. The lowest BCUT2D eigenvalue weighted by Gasteiger charge is -2.28. The number of nitrogens with zero attached hydrogens (tertiary/aromatic N) is 1. The Morgan fingerprint density at radius 1 is 1.14 bits per heavy atom. The van der Waals surface area contributed by atoms with E-state index in [2.05, 4.69) is 0 Å². The summed E-state index contributed by atoms with van der Waals surface area (Å²) in [6, 6.07) is 7.40. The van der Waals surface area contributed by atoms with Gasteiger partial charge in [0, 0.05) is 32.0 Å². The van der Waals surface area contributed by atoms with E-state index in [1.54, 1.807) is 24.1 Å². The Kier molecular flexibility index (Phi) is 5.35. The maximum Gasteiger partial charge on any atom is 0.222 e. The van der Waals surface area contributed by atoms with E-state index in [0.717, 1.165) is 31.2 Å². The predicted molar refractivity (Wildman–Crippen MR) is 85.8 cm³/mol. The summed E-state index contributed by atoms with van der Waals surface area (Å²) in [7, 11) is 1.70. The van der Waals surface area contributed by atoms with Crippen molar-refractivity contribution in [3.8, 4) is 0 Å². The summed E-state index contributed by atoms with van der Waals surface area (Å²) >= 11 is 0. The van der Waals surface area contributed by atoms with Crippen molar-refractivity contribution < 1.29 is 14.7 Å². The number of rotatable bonds is 6. The van der Waals surface area contributed by atoms with Gasteiger partial charge in [-0.2, -0.15) is 0 Å². The molecule has 0 radical (unpaired) electrons. The SMILES string of the molecule is Cc1ccc(C(=O)CCC(=O)N(C)CC2(O)CCCC2)cc1. The predicted octanol–water partition coefficient (Wildman–Crippen LogP) is 2.72. The maximum atomic E-state index is 12.1. The van der Waals surface area contributed by atoms with Crippen LogP contribution in [0.3, 0.4) is 0 Å². The molecule has 0 atom stereocenters. The molecule has 4 nitrogen and oxygen atoms in total. The second-order valence-electron chi connectivity index (χ2n) is 6.47. The highest BCUT2D eigenvalue weighted by atomic mass is 16.3. The Bertz CT molecular complexity index is 530. The smallest absolute Gasteiger partial charge is 0.222 e. The van der Waals surface area contributed by atoms with Crippen LogP contribution < -0.4 is 0 Å². The van der Waals surface area contributed by atoms with Gasteiger partial charge in [-0.05, 0) is 19.8 Å². The molecule has 1 saturated carbocycles. The summed E-state index contributed by atoms with van der Waals surface area (Å²) in [6.07, 6.45) is 3.96. The average Bonchev–Trinajstić information content (AvgIpc) is 2.91. The van der Waals surface area contributed by atoms with Crippen LogP contribution in [0.15, 0.2) is 24.3 Å². The molecule has 22 heavy (non-hydrogen) atoms. The number of hydrogen-bond donors (Lipinski definition) is 1. The van der Waals surface area contributed by atoms with Gasteiger partial charge in [-0.15, -0.1) is 0 Å². The summed E-state index contributed by atoms with van der Waals surface area (Å²) in [6.45, 7) is 2.34. The van der Waals surface area contributed by atoms with Gasteiger partial charge in [0.2, 0.25) is 5.91 Å². The fourth-order valence-electron chi connectivity index (χ4n) is 3.02. The number of Topliss-reactive ketones (excluding diaryl/α,β-unsaturated/α-hetero) is 1. The van der Waals surface area contributed by atoms with Crippen molar-refractivity contribution in [1.29, 1.82) is 0 Å². The fraction of sp³-hybridized carbons (Fsp3) is 0.556. The highest BCUT2D eigenvalue weighted by molar-refractivity contribution is 5.97. The zero-order valence-corrected chi connectivity index (χ0v) is 13.5. The van der Waals surface area contributed by atoms with Crippen LogP contribution in [0.25, 0.3) is 0 Å². The molecule has 1 fully saturated rings. The Labute approximate surface area is 132 Å². The molecule has 2 rings (SSSR count). The normalized spacial score (nSPS) is 16.5. The van der Waals surface area contributed by atoms with E-state index in [0.29, 0.717) is 12.1 Å². The first kappa shape index (κ1) is 16.7. The quantitative estimate of drug-likeness (QED) is 0.822. The maximum absolute atomic E-state index is 12.1. The minimum absolute atomic E-state index is 0.0127. The lowest BCUT2D eigenvalue weighted by molar-refractivity contribution is -0.133. The number of ketones is 1. The van der Waals surface area contributed by atoms with E-state index in [9.17, 15) is 14.7 Å². The Balaban J connectivity index is 1.81. The molecule has 0 aliphatic heterocycles. The first-order chi connectivity index (χ1) is 10.4. The Morgan fingerprint density at radius 2 is 1.73 bits per heavy atom. The molecule has 1 N–H and O–H groups in total. The molecule has 0 spiro atoms. The second kappa shape index (κ2) is 7.05. The molecule has 1 aliphatic carbocycles. The molecule has 1 amide bonds. The van der Waals surface area contributed by atoms with Crippen LogP contribution in [0.4, 0.5) is 0 Å². The summed E-state index contributed by atoms with van der Waals surface area (Å²) in [5.41, 5.74) is 1.03. The molecule has 4 heteroatoms. The highest BCUT2D eigenvalue weighted by Crippen LogP contribution is 2.30. The Morgan fingerprint density at radius 3 is 2.32 bits per heavy atom. The second-order valence-corrected chi connectivity index (χ2v) is 6.47. The number of likely N-dealkylation sites (N-methyl/N-ethyl adjacent to an activating group) is 1. The largest absolute Gasteiger partial charge is 0.388 e. The molecule has 1 aliphatic rings. The van der Waals surface area contributed by atoms with Gasteiger partial charge >= 0.3 is 0 Å². The number of carbonyl (C=O) groups excluding carboxylic acids is 2. The molecular formula is C18H25NO3. The zero-order valence-electron chi connectivity index (χ0n) is 13.5. The van der Waals surface area contributed by atoms with E-state index >= 15 is 0 Å². The first-order valence-electron chi connectivity index (χ1n) is 7.96. The van der Waals surface area contributed by atoms with Crippen LogP contribution in [0, 0.1) is 6.92 Å². The molecule has 0 unspecified atom stereocenters. The third-order valence-electron chi connectivity index (χ3n) is 4.43. The topological polar surface area (TPSA) is 57.6 Å². The number of aliphatic hydroxyl groups is 1. The van der Waals surface area contributed by atoms with Crippen molar-refractivity contribution >= 4 is 11.7 Å². The molecule has 0 heterocycles. The average molecular weight is 303 g/mol. The van der Waals surface area contributed by atoms with Gasteiger partial charge in [0.05, 0.1) is 5.60 Å². The third kappa shape index (κ3) is 4.41. The van der Waals surface area contributed by atoms with Gasteiger partial charge < -0.3 is 10.0 Å². The number of benzene rings is 1. The van der Waals surface area contributed by atoms with Gasteiger partial charge in [0.15, 0.2) is 5.78 Å². The van der Waals surface area contributed by atoms with Crippen LogP contribution in [0.2, 0.25) is 0 Å². The molecule has 0 bridgehead atoms. The fourth-order valence-corrected chi connectivity index (χ4v) is 3.02. The minimum atomic E-state index is -0.731. The van der Waals surface area contributed by atoms with Crippen molar-refractivity contribution in [3.05, 3.63) is 35.4 Å². The van der Waals surface area contributed by atoms with Gasteiger partial charge in [-0.1, -0.05) is 42.7 Å². The van der Waals surface area contributed by atoms with E-state index in [1.807, 2.05) is 19.1 Å². The summed E-state index contributed by atoms with van der Waals surface area (Å²) < 4.78 is 0. The number of amides is 1. The van der Waals surface area contributed by atoms with Crippen molar-refractivity contribution in [1.82, 2.24) is 4.90 Å². The summed E-state index contributed by atoms with van der Waals surface area (Å²) in [5, 5.41) is 10.3. The monoisotopic (exact) mass is 303 g/mol. The zero-order chi connectivity index (χ0) is 16.2.